The first-order valence-corrected chi connectivity index (χ1v) is 8.74. The summed E-state index contributed by atoms with van der Waals surface area (Å²) in [7, 11) is 0. The predicted molar refractivity (Wildman–Crippen MR) is 93.1 cm³/mol. The van der Waals surface area contributed by atoms with Crippen molar-refractivity contribution in [2.75, 3.05) is 11.1 Å². The summed E-state index contributed by atoms with van der Waals surface area (Å²) >= 11 is 6.25. The van der Waals surface area contributed by atoms with Gasteiger partial charge in [0, 0.05) is 10.4 Å². The van der Waals surface area contributed by atoms with Crippen LogP contribution in [0.4, 0.5) is 10.9 Å². The molecule has 0 atom stereocenters. The molecular formula is C13H17BrN4OS2. The number of nitrogen functional groups attached to an aromatic ring is 1. The molecule has 114 valence electrons. The minimum absolute atomic E-state index is 0.124. The lowest BCUT2D eigenvalue weighted by Gasteiger charge is -2.19. The average molecular weight is 389 g/mol. The van der Waals surface area contributed by atoms with E-state index < -0.39 is 0 Å². The van der Waals surface area contributed by atoms with Crippen LogP contribution in [0.15, 0.2) is 15.9 Å². The van der Waals surface area contributed by atoms with E-state index in [-0.39, 0.29) is 17.3 Å². The van der Waals surface area contributed by atoms with Crippen LogP contribution in [0, 0.1) is 0 Å². The first kappa shape index (κ1) is 16.3. The van der Waals surface area contributed by atoms with Gasteiger partial charge in [-0.2, -0.15) is 0 Å². The molecule has 0 bridgehead atoms. The SMILES string of the molecule is CC(C)(C)Nc1nc(N)c(C(=O)NCc2ccc(Br)s2)s1. The molecule has 1 amide bonds. The van der Waals surface area contributed by atoms with Crippen molar-refractivity contribution in [3.63, 3.8) is 0 Å². The Hall–Kier alpha value is -1.12. The zero-order chi connectivity index (χ0) is 15.6. The van der Waals surface area contributed by atoms with Crippen molar-refractivity contribution in [1.82, 2.24) is 10.3 Å². The first-order chi connectivity index (χ1) is 9.74. The van der Waals surface area contributed by atoms with Gasteiger partial charge in [-0.05, 0) is 48.8 Å². The maximum absolute atomic E-state index is 12.2. The van der Waals surface area contributed by atoms with Gasteiger partial charge in [-0.3, -0.25) is 4.79 Å². The molecule has 0 aliphatic carbocycles. The van der Waals surface area contributed by atoms with Gasteiger partial charge in [0.15, 0.2) is 5.13 Å². The molecule has 0 fully saturated rings. The van der Waals surface area contributed by atoms with Crippen molar-refractivity contribution in [3.05, 3.63) is 25.7 Å². The fraction of sp³-hybridized carbons (Fsp3) is 0.385. The van der Waals surface area contributed by atoms with Gasteiger partial charge in [-0.25, -0.2) is 4.98 Å². The number of halogens is 1. The van der Waals surface area contributed by atoms with E-state index in [0.29, 0.717) is 16.6 Å². The van der Waals surface area contributed by atoms with E-state index in [0.717, 1.165) is 8.66 Å². The molecule has 0 radical (unpaired) electrons. The Kier molecular flexibility index (Phi) is 4.90. The van der Waals surface area contributed by atoms with Crippen LogP contribution in [0.3, 0.4) is 0 Å². The molecule has 0 aliphatic heterocycles. The number of hydrogen-bond donors (Lipinski definition) is 3. The van der Waals surface area contributed by atoms with Crippen LogP contribution in [0.25, 0.3) is 0 Å². The lowest BCUT2D eigenvalue weighted by atomic mass is 10.1. The predicted octanol–water partition coefficient (Wildman–Crippen LogP) is 3.69. The van der Waals surface area contributed by atoms with E-state index in [4.69, 9.17) is 5.73 Å². The molecule has 0 spiro atoms. The number of nitrogens with one attached hydrogen (secondary N) is 2. The second-order valence-electron chi connectivity index (χ2n) is 5.50. The summed E-state index contributed by atoms with van der Waals surface area (Å²) in [6.07, 6.45) is 0. The summed E-state index contributed by atoms with van der Waals surface area (Å²) in [5.74, 6) is 0.0630. The number of rotatable bonds is 4. The molecular weight excluding hydrogens is 372 g/mol. The number of aromatic nitrogens is 1. The highest BCUT2D eigenvalue weighted by Crippen LogP contribution is 2.27. The second-order valence-corrected chi connectivity index (χ2v) is 9.04. The van der Waals surface area contributed by atoms with E-state index in [1.165, 1.54) is 11.3 Å². The van der Waals surface area contributed by atoms with E-state index in [2.05, 4.69) is 31.5 Å². The number of hydrogen-bond acceptors (Lipinski definition) is 6. The monoisotopic (exact) mass is 388 g/mol. The highest BCUT2D eigenvalue weighted by Gasteiger charge is 2.19. The molecule has 0 saturated heterocycles. The number of amides is 1. The summed E-state index contributed by atoms with van der Waals surface area (Å²) in [6, 6.07) is 3.93. The fourth-order valence-corrected chi connectivity index (χ4v) is 4.00. The third kappa shape index (κ3) is 4.69. The van der Waals surface area contributed by atoms with Crippen LogP contribution in [0.1, 0.15) is 35.3 Å². The van der Waals surface area contributed by atoms with Crippen LogP contribution < -0.4 is 16.4 Å². The number of nitrogens with two attached hydrogens (primary N) is 1. The van der Waals surface area contributed by atoms with Gasteiger partial charge >= 0.3 is 0 Å². The van der Waals surface area contributed by atoms with Gasteiger partial charge in [0.25, 0.3) is 5.91 Å². The Morgan fingerprint density at radius 1 is 1.38 bits per heavy atom. The minimum Gasteiger partial charge on any atom is -0.382 e. The molecule has 2 rings (SSSR count). The van der Waals surface area contributed by atoms with Gasteiger partial charge in [0.2, 0.25) is 0 Å². The van der Waals surface area contributed by atoms with Crippen LogP contribution in [0.5, 0.6) is 0 Å². The summed E-state index contributed by atoms with van der Waals surface area (Å²) in [6.45, 7) is 6.56. The summed E-state index contributed by atoms with van der Waals surface area (Å²) in [5, 5.41) is 6.73. The largest absolute Gasteiger partial charge is 0.382 e. The third-order valence-electron chi connectivity index (χ3n) is 2.39. The molecule has 5 nitrogen and oxygen atoms in total. The van der Waals surface area contributed by atoms with Crippen LogP contribution in [-0.2, 0) is 6.54 Å². The van der Waals surface area contributed by atoms with Gasteiger partial charge in [0.1, 0.15) is 10.7 Å². The van der Waals surface area contributed by atoms with Crippen molar-refractivity contribution >= 4 is 55.5 Å². The second kappa shape index (κ2) is 6.33. The number of anilines is 2. The molecule has 0 aliphatic rings. The Bertz CT molecular complexity index is 645. The molecule has 2 aromatic heterocycles. The van der Waals surface area contributed by atoms with Gasteiger partial charge in [-0.1, -0.05) is 11.3 Å². The molecule has 0 unspecified atom stereocenters. The number of carbonyl (C=O) groups excluding carboxylic acids is 1. The molecule has 8 heteroatoms. The summed E-state index contributed by atoms with van der Waals surface area (Å²) in [5.41, 5.74) is 5.70. The number of nitrogens with zero attached hydrogens (tertiary/aromatic N) is 1. The van der Waals surface area contributed by atoms with Crippen molar-refractivity contribution in [2.45, 2.75) is 32.9 Å². The van der Waals surface area contributed by atoms with Gasteiger partial charge in [-0.15, -0.1) is 11.3 Å². The molecule has 2 heterocycles. The maximum Gasteiger partial charge on any atom is 0.265 e. The standard InChI is InChI=1S/C13H17BrN4OS2/c1-13(2,3)18-12-17-10(15)9(21-12)11(19)16-6-7-4-5-8(14)20-7/h4-5H,6,15H2,1-3H3,(H,16,19)(H,17,18). The van der Waals surface area contributed by atoms with E-state index >= 15 is 0 Å². The Morgan fingerprint density at radius 2 is 2.10 bits per heavy atom. The highest BCUT2D eigenvalue weighted by atomic mass is 79.9. The Balaban J connectivity index is 2.02. The highest BCUT2D eigenvalue weighted by molar-refractivity contribution is 9.11. The van der Waals surface area contributed by atoms with E-state index in [1.807, 2.05) is 32.9 Å². The zero-order valence-electron chi connectivity index (χ0n) is 12.0. The molecule has 2 aromatic rings. The molecule has 4 N–H and O–H groups in total. The number of thiazole rings is 1. The maximum atomic E-state index is 12.2. The van der Waals surface area contributed by atoms with Gasteiger partial charge in [0.05, 0.1) is 10.3 Å². The lowest BCUT2D eigenvalue weighted by Crippen LogP contribution is -2.25. The number of carbonyl (C=O) groups is 1. The normalized spacial score (nSPS) is 11.4. The van der Waals surface area contributed by atoms with Gasteiger partial charge < -0.3 is 16.4 Å². The topological polar surface area (TPSA) is 80.0 Å². The quantitative estimate of drug-likeness (QED) is 0.745. The zero-order valence-corrected chi connectivity index (χ0v) is 15.2. The third-order valence-corrected chi connectivity index (χ3v) is 5.00. The molecule has 0 saturated carbocycles. The molecule has 0 aromatic carbocycles. The smallest absolute Gasteiger partial charge is 0.265 e. The minimum atomic E-state index is -0.198. The van der Waals surface area contributed by atoms with Crippen molar-refractivity contribution in [1.29, 1.82) is 0 Å². The van der Waals surface area contributed by atoms with Crippen LogP contribution in [0.2, 0.25) is 0 Å². The van der Waals surface area contributed by atoms with E-state index in [9.17, 15) is 4.79 Å². The van der Waals surface area contributed by atoms with E-state index in [1.54, 1.807) is 11.3 Å². The summed E-state index contributed by atoms with van der Waals surface area (Å²) < 4.78 is 1.04. The Morgan fingerprint density at radius 3 is 2.67 bits per heavy atom. The Labute approximate surface area is 140 Å². The fourth-order valence-electron chi connectivity index (χ4n) is 1.56. The van der Waals surface area contributed by atoms with Crippen LogP contribution >= 0.6 is 38.6 Å². The lowest BCUT2D eigenvalue weighted by molar-refractivity contribution is 0.0956. The average Bonchev–Trinajstić information content (AvgIpc) is 2.90. The molecule has 21 heavy (non-hydrogen) atoms. The van der Waals surface area contributed by atoms with Crippen molar-refractivity contribution < 1.29 is 4.79 Å². The van der Waals surface area contributed by atoms with Crippen molar-refractivity contribution in [3.8, 4) is 0 Å². The van der Waals surface area contributed by atoms with Crippen molar-refractivity contribution in [2.24, 2.45) is 0 Å². The van der Waals surface area contributed by atoms with Crippen LogP contribution in [-0.4, -0.2) is 16.4 Å². The summed E-state index contributed by atoms with van der Waals surface area (Å²) in [4.78, 5) is 17.9. The number of thiophene rings is 1. The first-order valence-electron chi connectivity index (χ1n) is 6.31.